The fraction of sp³-hybridized carbons (Fsp3) is 0.261. The number of para-hydroxylation sites is 1. The lowest BCUT2D eigenvalue weighted by Crippen LogP contribution is -2.41. The molecule has 1 aromatic heterocycles. The van der Waals surface area contributed by atoms with E-state index in [0.717, 1.165) is 19.5 Å². The Labute approximate surface area is 169 Å². The van der Waals surface area contributed by atoms with Crippen molar-refractivity contribution in [2.24, 2.45) is 0 Å². The predicted molar refractivity (Wildman–Crippen MR) is 113 cm³/mol. The molecule has 4 rings (SSSR count). The van der Waals surface area contributed by atoms with E-state index in [0.29, 0.717) is 12.3 Å². The van der Waals surface area contributed by atoms with Crippen molar-refractivity contribution < 1.29 is 9.53 Å². The minimum Gasteiger partial charge on any atom is -0.484 e. The minimum absolute atomic E-state index is 0.0318. The molecule has 5 heteroatoms. The average molecular weight is 393 g/mol. The van der Waals surface area contributed by atoms with E-state index in [4.69, 9.17) is 4.74 Å². The first-order valence-corrected chi connectivity index (χ1v) is 10.5. The zero-order valence-corrected chi connectivity index (χ0v) is 16.5. The van der Waals surface area contributed by atoms with Crippen LogP contribution in [0.3, 0.4) is 0 Å². The fourth-order valence-electron chi connectivity index (χ4n) is 3.60. The van der Waals surface area contributed by atoms with Gasteiger partial charge < -0.3 is 10.1 Å². The van der Waals surface area contributed by atoms with Crippen molar-refractivity contribution in [3.05, 3.63) is 88.1 Å². The monoisotopic (exact) mass is 392 g/mol. The van der Waals surface area contributed by atoms with E-state index in [2.05, 4.69) is 52.0 Å². The maximum Gasteiger partial charge on any atom is 0.258 e. The van der Waals surface area contributed by atoms with Gasteiger partial charge >= 0.3 is 0 Å². The summed E-state index contributed by atoms with van der Waals surface area (Å²) in [5.74, 6) is 0.614. The molecular weight excluding hydrogens is 368 g/mol. The molecule has 2 aromatic carbocycles. The molecule has 2 heterocycles. The van der Waals surface area contributed by atoms with Crippen LogP contribution in [0.1, 0.15) is 22.0 Å². The summed E-state index contributed by atoms with van der Waals surface area (Å²) in [5.41, 5.74) is 2.82. The molecule has 1 aliphatic heterocycles. The van der Waals surface area contributed by atoms with Gasteiger partial charge in [-0.25, -0.2) is 0 Å². The smallest absolute Gasteiger partial charge is 0.258 e. The summed E-state index contributed by atoms with van der Waals surface area (Å²) in [6.07, 6.45) is 1.04. The molecule has 0 spiro atoms. The maximum absolute atomic E-state index is 12.3. The molecule has 144 valence electrons. The number of hydrogen-bond acceptors (Lipinski definition) is 4. The Balaban J connectivity index is 1.38. The topological polar surface area (TPSA) is 41.6 Å². The highest BCUT2D eigenvalue weighted by Crippen LogP contribution is 2.30. The second-order valence-corrected chi connectivity index (χ2v) is 7.91. The molecule has 0 unspecified atom stereocenters. The molecule has 1 amide bonds. The van der Waals surface area contributed by atoms with Crippen molar-refractivity contribution in [2.75, 3.05) is 19.7 Å². The quantitative estimate of drug-likeness (QED) is 0.660. The summed E-state index contributed by atoms with van der Waals surface area (Å²) in [4.78, 5) is 16.1. The number of ether oxygens (including phenoxy) is 1. The van der Waals surface area contributed by atoms with Crippen molar-refractivity contribution in [1.29, 1.82) is 0 Å². The van der Waals surface area contributed by atoms with Gasteiger partial charge in [0.05, 0.1) is 6.04 Å². The Morgan fingerprint density at radius 2 is 1.82 bits per heavy atom. The van der Waals surface area contributed by atoms with E-state index in [1.54, 1.807) is 11.3 Å². The van der Waals surface area contributed by atoms with E-state index < -0.39 is 0 Å². The van der Waals surface area contributed by atoms with Crippen molar-refractivity contribution >= 4 is 17.2 Å². The van der Waals surface area contributed by atoms with Crippen LogP contribution in [0.2, 0.25) is 0 Å². The van der Waals surface area contributed by atoms with Crippen molar-refractivity contribution in [2.45, 2.75) is 19.0 Å². The van der Waals surface area contributed by atoms with E-state index in [-0.39, 0.29) is 18.6 Å². The molecule has 0 bridgehead atoms. The summed E-state index contributed by atoms with van der Waals surface area (Å²) < 4.78 is 5.56. The zero-order chi connectivity index (χ0) is 19.2. The molecule has 4 nitrogen and oxygen atoms in total. The first-order chi connectivity index (χ1) is 13.8. The Morgan fingerprint density at radius 3 is 2.61 bits per heavy atom. The number of thiophene rings is 1. The first-order valence-electron chi connectivity index (χ1n) is 9.58. The number of nitrogens with one attached hydrogen (secondary N) is 1. The molecular formula is C23H24N2O2S. The third-order valence-electron chi connectivity index (χ3n) is 5.08. The molecule has 0 saturated carbocycles. The van der Waals surface area contributed by atoms with Gasteiger partial charge in [0.1, 0.15) is 5.75 Å². The summed E-state index contributed by atoms with van der Waals surface area (Å²) in [5, 5.41) is 5.16. The molecule has 1 atom stereocenters. The molecule has 1 N–H and O–H groups in total. The largest absolute Gasteiger partial charge is 0.484 e. The van der Waals surface area contributed by atoms with E-state index in [9.17, 15) is 4.79 Å². The molecule has 0 radical (unpaired) electrons. The molecule has 1 aliphatic rings. The van der Waals surface area contributed by atoms with Crippen molar-refractivity contribution in [3.63, 3.8) is 0 Å². The van der Waals surface area contributed by atoms with Gasteiger partial charge in [0.2, 0.25) is 0 Å². The highest BCUT2D eigenvalue weighted by molar-refractivity contribution is 7.10. The Morgan fingerprint density at radius 1 is 1.04 bits per heavy atom. The number of benzene rings is 2. The lowest BCUT2D eigenvalue weighted by atomic mass is 9.98. The maximum atomic E-state index is 12.3. The third-order valence-corrected chi connectivity index (χ3v) is 6.05. The number of rotatable bonds is 7. The van der Waals surface area contributed by atoms with E-state index in [1.807, 2.05) is 30.3 Å². The minimum atomic E-state index is -0.0946. The van der Waals surface area contributed by atoms with Gasteiger partial charge in [-0.15, -0.1) is 11.3 Å². The molecule has 0 aliphatic carbocycles. The highest BCUT2D eigenvalue weighted by Gasteiger charge is 2.25. The van der Waals surface area contributed by atoms with Gasteiger partial charge in [0.15, 0.2) is 6.61 Å². The van der Waals surface area contributed by atoms with Crippen LogP contribution >= 0.6 is 11.3 Å². The van der Waals surface area contributed by atoms with Gasteiger partial charge in [0, 0.05) is 24.5 Å². The van der Waals surface area contributed by atoms with Crippen LogP contribution in [0.25, 0.3) is 0 Å². The number of fused-ring (bicyclic) bond motifs is 1. The van der Waals surface area contributed by atoms with Crippen molar-refractivity contribution in [3.8, 4) is 5.75 Å². The summed E-state index contributed by atoms with van der Waals surface area (Å²) >= 11 is 1.74. The van der Waals surface area contributed by atoms with Crippen LogP contribution in [0.15, 0.2) is 72.1 Å². The van der Waals surface area contributed by atoms with Gasteiger partial charge in [-0.3, -0.25) is 9.69 Å². The van der Waals surface area contributed by atoms with Gasteiger partial charge in [0.25, 0.3) is 5.91 Å². The SMILES string of the molecule is O=C(COc1ccccc1)NC[C@@H](c1cccs1)N1CCc2ccccc2C1. The first kappa shape index (κ1) is 18.7. The molecule has 0 saturated heterocycles. The highest BCUT2D eigenvalue weighted by atomic mass is 32.1. The van der Waals surface area contributed by atoms with Crippen molar-refractivity contribution in [1.82, 2.24) is 10.2 Å². The number of hydrogen-bond donors (Lipinski definition) is 1. The van der Waals surface area contributed by atoms with Gasteiger partial charge in [-0.2, -0.15) is 0 Å². The van der Waals surface area contributed by atoms with E-state index in [1.165, 1.54) is 16.0 Å². The standard InChI is InChI=1S/C23H24N2O2S/c26-23(17-27-20-9-2-1-3-10-20)24-15-21(22-11-6-14-28-22)25-13-12-18-7-4-5-8-19(18)16-25/h1-11,14,21H,12-13,15-17H2,(H,24,26)/t21-/m0/s1. The predicted octanol–water partition coefficient (Wildman–Crippen LogP) is 4.04. The van der Waals surface area contributed by atoms with Crippen LogP contribution in [0.4, 0.5) is 0 Å². The number of carbonyl (C=O) groups is 1. The van der Waals surface area contributed by atoms with Crippen LogP contribution < -0.4 is 10.1 Å². The van der Waals surface area contributed by atoms with E-state index >= 15 is 0 Å². The van der Waals surface area contributed by atoms with Gasteiger partial charge in [-0.05, 0) is 41.1 Å². The molecule has 28 heavy (non-hydrogen) atoms. The lowest BCUT2D eigenvalue weighted by Gasteiger charge is -2.35. The van der Waals surface area contributed by atoms with Crippen LogP contribution in [-0.2, 0) is 17.8 Å². The average Bonchev–Trinajstić information content (AvgIpc) is 3.27. The summed E-state index contributed by atoms with van der Waals surface area (Å²) in [6, 6.07) is 22.5. The molecule has 0 fully saturated rings. The number of carbonyl (C=O) groups excluding carboxylic acids is 1. The zero-order valence-electron chi connectivity index (χ0n) is 15.7. The van der Waals surface area contributed by atoms with Crippen LogP contribution in [0, 0.1) is 0 Å². The second kappa shape index (κ2) is 9.04. The summed E-state index contributed by atoms with van der Waals surface area (Å²) in [6.45, 7) is 2.52. The van der Waals surface area contributed by atoms with Crippen LogP contribution in [-0.4, -0.2) is 30.5 Å². The normalized spacial score (nSPS) is 14.9. The Bertz CT molecular complexity index is 896. The number of nitrogens with zero attached hydrogens (tertiary/aromatic N) is 1. The third kappa shape index (κ3) is 4.61. The summed E-state index contributed by atoms with van der Waals surface area (Å²) in [7, 11) is 0. The lowest BCUT2D eigenvalue weighted by molar-refractivity contribution is -0.123. The van der Waals surface area contributed by atoms with Gasteiger partial charge in [-0.1, -0.05) is 48.5 Å². The fourth-order valence-corrected chi connectivity index (χ4v) is 4.46. The second-order valence-electron chi connectivity index (χ2n) is 6.93. The molecule has 3 aromatic rings. The Kier molecular flexibility index (Phi) is 6.04. The Hall–Kier alpha value is -2.63. The van der Waals surface area contributed by atoms with Crippen LogP contribution in [0.5, 0.6) is 5.75 Å². The number of amides is 1.